The molecule has 2 heterocycles. The monoisotopic (exact) mass is 230 g/mol. The van der Waals surface area contributed by atoms with Gasteiger partial charge in [0.25, 0.3) is 0 Å². The van der Waals surface area contributed by atoms with Crippen molar-refractivity contribution in [3.05, 3.63) is 30.2 Å². The van der Waals surface area contributed by atoms with Crippen molar-refractivity contribution in [1.82, 2.24) is 15.0 Å². The molecular formula is C13H18N4. The zero-order valence-corrected chi connectivity index (χ0v) is 10.5. The minimum absolute atomic E-state index is 0.0802. The predicted molar refractivity (Wildman–Crippen MR) is 68.6 cm³/mol. The summed E-state index contributed by atoms with van der Waals surface area (Å²) in [6.07, 6.45) is 3.34. The molecule has 0 amide bonds. The van der Waals surface area contributed by atoms with E-state index >= 15 is 0 Å². The molecule has 0 fully saturated rings. The first-order valence-corrected chi connectivity index (χ1v) is 5.93. The number of rotatable bonds is 3. The van der Waals surface area contributed by atoms with Crippen LogP contribution in [0.4, 0.5) is 0 Å². The Morgan fingerprint density at radius 3 is 2.41 bits per heavy atom. The van der Waals surface area contributed by atoms with Crippen LogP contribution in [0.15, 0.2) is 24.5 Å². The second-order valence-corrected chi connectivity index (χ2v) is 4.76. The minimum Gasteiger partial charge on any atom is -0.327 e. The molecule has 2 unspecified atom stereocenters. The maximum Gasteiger partial charge on any atom is 0.178 e. The number of nitrogens with zero attached hydrogens (tertiary/aromatic N) is 3. The standard InChI is InChI=1S/C13H18N4/c1-8(2)12(9(3)14)10-4-5-11-13(17-10)16-7-6-15-11/h4-9,12H,14H2,1-3H3. The summed E-state index contributed by atoms with van der Waals surface area (Å²) in [7, 11) is 0. The van der Waals surface area contributed by atoms with E-state index in [0.717, 1.165) is 11.2 Å². The van der Waals surface area contributed by atoms with Crippen LogP contribution in [0.3, 0.4) is 0 Å². The highest BCUT2D eigenvalue weighted by Crippen LogP contribution is 2.26. The van der Waals surface area contributed by atoms with Crippen molar-refractivity contribution in [2.24, 2.45) is 11.7 Å². The summed E-state index contributed by atoms with van der Waals surface area (Å²) in [6.45, 7) is 6.35. The van der Waals surface area contributed by atoms with Gasteiger partial charge in [0.05, 0.1) is 0 Å². The first kappa shape index (κ1) is 11.9. The van der Waals surface area contributed by atoms with E-state index in [0.29, 0.717) is 11.6 Å². The van der Waals surface area contributed by atoms with E-state index in [1.807, 2.05) is 19.1 Å². The fourth-order valence-electron chi connectivity index (χ4n) is 2.27. The molecule has 4 nitrogen and oxygen atoms in total. The third kappa shape index (κ3) is 2.42. The number of aromatic nitrogens is 3. The predicted octanol–water partition coefficient (Wildman–Crippen LogP) is 2.11. The maximum absolute atomic E-state index is 6.04. The number of hydrogen-bond donors (Lipinski definition) is 1. The van der Waals surface area contributed by atoms with Crippen LogP contribution in [0.2, 0.25) is 0 Å². The maximum atomic E-state index is 6.04. The molecule has 2 N–H and O–H groups in total. The van der Waals surface area contributed by atoms with Crippen molar-refractivity contribution in [3.8, 4) is 0 Å². The second kappa shape index (κ2) is 4.75. The summed E-state index contributed by atoms with van der Waals surface area (Å²) in [6, 6.07) is 4.05. The van der Waals surface area contributed by atoms with E-state index < -0.39 is 0 Å². The molecule has 0 aliphatic rings. The van der Waals surface area contributed by atoms with Crippen molar-refractivity contribution in [1.29, 1.82) is 0 Å². The SMILES string of the molecule is CC(C)C(c1ccc2nccnc2n1)C(C)N. The van der Waals surface area contributed by atoms with E-state index in [9.17, 15) is 0 Å². The Morgan fingerprint density at radius 1 is 1.06 bits per heavy atom. The fraction of sp³-hybridized carbons (Fsp3) is 0.462. The summed E-state index contributed by atoms with van der Waals surface area (Å²) < 4.78 is 0. The van der Waals surface area contributed by atoms with Gasteiger partial charge in [-0.1, -0.05) is 13.8 Å². The molecule has 0 bridgehead atoms. The largest absolute Gasteiger partial charge is 0.327 e. The molecule has 0 radical (unpaired) electrons. The summed E-state index contributed by atoms with van der Waals surface area (Å²) in [5.74, 6) is 0.707. The van der Waals surface area contributed by atoms with Crippen molar-refractivity contribution >= 4 is 11.2 Å². The van der Waals surface area contributed by atoms with E-state index in [1.165, 1.54) is 0 Å². The summed E-state index contributed by atoms with van der Waals surface area (Å²) in [4.78, 5) is 13.0. The van der Waals surface area contributed by atoms with Crippen LogP contribution in [0.25, 0.3) is 11.2 Å². The van der Waals surface area contributed by atoms with E-state index in [4.69, 9.17) is 5.73 Å². The Labute approximate surface area is 101 Å². The van der Waals surface area contributed by atoms with Crippen LogP contribution < -0.4 is 5.73 Å². The van der Waals surface area contributed by atoms with Crippen molar-refractivity contribution in [2.45, 2.75) is 32.7 Å². The van der Waals surface area contributed by atoms with Gasteiger partial charge >= 0.3 is 0 Å². The first-order valence-electron chi connectivity index (χ1n) is 5.93. The zero-order chi connectivity index (χ0) is 12.4. The second-order valence-electron chi connectivity index (χ2n) is 4.76. The molecule has 2 rings (SSSR count). The highest BCUT2D eigenvalue weighted by molar-refractivity contribution is 5.69. The van der Waals surface area contributed by atoms with E-state index in [1.54, 1.807) is 12.4 Å². The lowest BCUT2D eigenvalue weighted by molar-refractivity contribution is 0.428. The van der Waals surface area contributed by atoms with E-state index in [-0.39, 0.29) is 12.0 Å². The summed E-state index contributed by atoms with van der Waals surface area (Å²) in [5.41, 5.74) is 8.55. The molecule has 2 aromatic rings. The average molecular weight is 230 g/mol. The molecule has 0 aliphatic carbocycles. The fourth-order valence-corrected chi connectivity index (χ4v) is 2.27. The van der Waals surface area contributed by atoms with Gasteiger partial charge < -0.3 is 5.73 Å². The van der Waals surface area contributed by atoms with E-state index in [2.05, 4.69) is 28.8 Å². The molecule has 0 spiro atoms. The van der Waals surface area contributed by atoms with Crippen LogP contribution in [0.1, 0.15) is 32.4 Å². The van der Waals surface area contributed by atoms with Crippen molar-refractivity contribution in [3.63, 3.8) is 0 Å². The summed E-state index contributed by atoms with van der Waals surface area (Å²) in [5, 5.41) is 0. The van der Waals surface area contributed by atoms with Crippen LogP contribution in [-0.2, 0) is 0 Å². The minimum atomic E-state index is 0.0802. The topological polar surface area (TPSA) is 64.7 Å². The van der Waals surface area contributed by atoms with Gasteiger partial charge in [0.15, 0.2) is 5.65 Å². The smallest absolute Gasteiger partial charge is 0.178 e. The van der Waals surface area contributed by atoms with Gasteiger partial charge in [-0.05, 0) is 25.0 Å². The Bertz CT molecular complexity index is 500. The normalized spacial score (nSPS) is 15.1. The lowest BCUT2D eigenvalue weighted by Crippen LogP contribution is -2.29. The van der Waals surface area contributed by atoms with Crippen molar-refractivity contribution < 1.29 is 0 Å². The van der Waals surface area contributed by atoms with Gasteiger partial charge in [-0.3, -0.25) is 4.98 Å². The van der Waals surface area contributed by atoms with Gasteiger partial charge in [0, 0.05) is 30.0 Å². The summed E-state index contributed by atoms with van der Waals surface area (Å²) >= 11 is 0. The Balaban J connectivity index is 2.47. The highest BCUT2D eigenvalue weighted by atomic mass is 14.9. The lowest BCUT2D eigenvalue weighted by atomic mass is 9.86. The average Bonchev–Trinajstić information content (AvgIpc) is 2.28. The van der Waals surface area contributed by atoms with Gasteiger partial charge in [-0.25, -0.2) is 9.97 Å². The third-order valence-corrected chi connectivity index (χ3v) is 2.98. The Morgan fingerprint density at radius 2 is 1.76 bits per heavy atom. The molecule has 0 saturated carbocycles. The van der Waals surface area contributed by atoms with Crippen molar-refractivity contribution in [2.75, 3.05) is 0 Å². The van der Waals surface area contributed by atoms with Crippen LogP contribution in [0, 0.1) is 5.92 Å². The van der Waals surface area contributed by atoms with Crippen LogP contribution in [0.5, 0.6) is 0 Å². The Hall–Kier alpha value is -1.55. The Kier molecular flexibility index (Phi) is 3.33. The zero-order valence-electron chi connectivity index (χ0n) is 10.5. The molecule has 0 saturated heterocycles. The number of fused-ring (bicyclic) bond motifs is 1. The molecule has 4 heteroatoms. The number of pyridine rings is 1. The molecule has 2 atom stereocenters. The molecule has 0 aliphatic heterocycles. The number of nitrogens with two attached hydrogens (primary N) is 1. The highest BCUT2D eigenvalue weighted by Gasteiger charge is 2.21. The molecule has 2 aromatic heterocycles. The van der Waals surface area contributed by atoms with Gasteiger partial charge in [0.2, 0.25) is 0 Å². The van der Waals surface area contributed by atoms with Crippen LogP contribution in [-0.4, -0.2) is 21.0 Å². The third-order valence-electron chi connectivity index (χ3n) is 2.98. The lowest BCUT2D eigenvalue weighted by Gasteiger charge is -2.24. The quantitative estimate of drug-likeness (QED) is 0.877. The van der Waals surface area contributed by atoms with Gasteiger partial charge in [0.1, 0.15) is 5.52 Å². The van der Waals surface area contributed by atoms with Crippen LogP contribution >= 0.6 is 0 Å². The van der Waals surface area contributed by atoms with Gasteiger partial charge in [-0.2, -0.15) is 0 Å². The number of hydrogen-bond acceptors (Lipinski definition) is 4. The molecule has 90 valence electrons. The first-order chi connectivity index (χ1) is 8.09. The molecule has 17 heavy (non-hydrogen) atoms. The van der Waals surface area contributed by atoms with Gasteiger partial charge in [-0.15, -0.1) is 0 Å². The molecular weight excluding hydrogens is 212 g/mol. The molecule has 0 aromatic carbocycles.